The van der Waals surface area contributed by atoms with Crippen LogP contribution in [0.25, 0.3) is 0 Å². The average molecular weight is 284 g/mol. The van der Waals surface area contributed by atoms with Crippen molar-refractivity contribution >= 4 is 21.9 Å². The van der Waals surface area contributed by atoms with Crippen molar-refractivity contribution in [3.05, 3.63) is 18.0 Å². The lowest BCUT2D eigenvalue weighted by atomic mass is 9.92. The number of hydrogen-bond acceptors (Lipinski definition) is 3. The highest BCUT2D eigenvalue weighted by molar-refractivity contribution is 9.08. The van der Waals surface area contributed by atoms with Crippen LogP contribution in [0.2, 0.25) is 0 Å². The van der Waals surface area contributed by atoms with Crippen LogP contribution >= 0.6 is 15.9 Å². The Kier molecular flexibility index (Phi) is 3.79. The average Bonchev–Trinajstić information content (AvgIpc) is 2.28. The van der Waals surface area contributed by atoms with Crippen LogP contribution in [0.4, 0.5) is 5.95 Å². The van der Waals surface area contributed by atoms with Gasteiger partial charge in [0.25, 0.3) is 0 Å². The lowest BCUT2D eigenvalue weighted by Crippen LogP contribution is -2.39. The van der Waals surface area contributed by atoms with Crippen molar-refractivity contribution < 1.29 is 0 Å². The molecule has 88 valence electrons. The monoisotopic (exact) mass is 283 g/mol. The standard InChI is InChI=1S/C12H18BrN3/c1-9-3-10(2)8-16(7-9)12-14-5-11(4-13)6-15-12/h5-6,9-10H,3-4,7-8H2,1-2H3. The van der Waals surface area contributed by atoms with Gasteiger partial charge in [-0.15, -0.1) is 0 Å². The van der Waals surface area contributed by atoms with Gasteiger partial charge < -0.3 is 4.90 Å². The molecule has 1 fully saturated rings. The van der Waals surface area contributed by atoms with Gasteiger partial charge in [0.2, 0.25) is 5.95 Å². The van der Waals surface area contributed by atoms with E-state index in [1.54, 1.807) is 0 Å². The van der Waals surface area contributed by atoms with E-state index in [1.807, 2.05) is 12.4 Å². The minimum Gasteiger partial charge on any atom is -0.340 e. The van der Waals surface area contributed by atoms with Gasteiger partial charge in [-0.1, -0.05) is 29.8 Å². The molecular weight excluding hydrogens is 266 g/mol. The van der Waals surface area contributed by atoms with Crippen molar-refractivity contribution in [2.24, 2.45) is 11.8 Å². The summed E-state index contributed by atoms with van der Waals surface area (Å²) in [4.78, 5) is 11.2. The van der Waals surface area contributed by atoms with Crippen molar-refractivity contribution in [3.63, 3.8) is 0 Å². The van der Waals surface area contributed by atoms with E-state index in [9.17, 15) is 0 Å². The second-order valence-electron chi connectivity index (χ2n) is 4.88. The summed E-state index contributed by atoms with van der Waals surface area (Å²) in [6, 6.07) is 0. The lowest BCUT2D eigenvalue weighted by molar-refractivity contribution is 0.353. The molecule has 16 heavy (non-hydrogen) atoms. The van der Waals surface area contributed by atoms with E-state index in [2.05, 4.69) is 44.6 Å². The largest absolute Gasteiger partial charge is 0.340 e. The van der Waals surface area contributed by atoms with Crippen LogP contribution in [-0.4, -0.2) is 23.1 Å². The van der Waals surface area contributed by atoms with Crippen LogP contribution < -0.4 is 4.90 Å². The minimum absolute atomic E-state index is 0.739. The fourth-order valence-corrected chi connectivity index (χ4v) is 2.70. The van der Waals surface area contributed by atoms with Gasteiger partial charge in [-0.2, -0.15) is 0 Å². The predicted molar refractivity (Wildman–Crippen MR) is 69.8 cm³/mol. The number of aromatic nitrogens is 2. The molecule has 1 aromatic rings. The molecule has 0 bridgehead atoms. The molecule has 1 aliphatic heterocycles. The number of alkyl halides is 1. The highest BCUT2D eigenvalue weighted by Crippen LogP contribution is 2.23. The molecule has 1 aromatic heterocycles. The van der Waals surface area contributed by atoms with Crippen molar-refractivity contribution in [1.82, 2.24) is 9.97 Å². The van der Waals surface area contributed by atoms with Gasteiger partial charge in [0, 0.05) is 30.8 Å². The number of rotatable bonds is 2. The summed E-state index contributed by atoms with van der Waals surface area (Å²) in [7, 11) is 0. The Morgan fingerprint density at radius 1 is 1.25 bits per heavy atom. The van der Waals surface area contributed by atoms with Crippen LogP contribution in [0.5, 0.6) is 0 Å². The first-order chi connectivity index (χ1) is 7.69. The van der Waals surface area contributed by atoms with Gasteiger partial charge in [-0.3, -0.25) is 0 Å². The molecule has 0 spiro atoms. The Bertz CT molecular complexity index is 329. The highest BCUT2D eigenvalue weighted by atomic mass is 79.9. The lowest BCUT2D eigenvalue weighted by Gasteiger charge is -2.34. The Morgan fingerprint density at radius 3 is 2.31 bits per heavy atom. The van der Waals surface area contributed by atoms with Gasteiger partial charge in [-0.25, -0.2) is 9.97 Å². The molecule has 1 aliphatic rings. The molecule has 3 nitrogen and oxygen atoms in total. The van der Waals surface area contributed by atoms with Gasteiger partial charge in [0.1, 0.15) is 0 Å². The Morgan fingerprint density at radius 2 is 1.81 bits per heavy atom. The summed E-state index contributed by atoms with van der Waals surface area (Å²) in [5.41, 5.74) is 1.13. The summed E-state index contributed by atoms with van der Waals surface area (Å²) in [5.74, 6) is 2.36. The Labute approximate surface area is 105 Å². The van der Waals surface area contributed by atoms with E-state index < -0.39 is 0 Å². The molecule has 0 N–H and O–H groups in total. The number of piperidine rings is 1. The summed E-state index contributed by atoms with van der Waals surface area (Å²) in [6.45, 7) is 6.76. The third-order valence-corrected chi connectivity index (χ3v) is 3.65. The number of nitrogens with zero attached hydrogens (tertiary/aromatic N) is 3. The van der Waals surface area contributed by atoms with Crippen LogP contribution in [0.3, 0.4) is 0 Å². The molecule has 2 rings (SSSR count). The van der Waals surface area contributed by atoms with Crippen LogP contribution in [-0.2, 0) is 5.33 Å². The molecule has 2 heterocycles. The Hall–Kier alpha value is -0.640. The van der Waals surface area contributed by atoms with Gasteiger partial charge in [0.05, 0.1) is 0 Å². The van der Waals surface area contributed by atoms with Crippen molar-refractivity contribution in [2.45, 2.75) is 25.6 Å². The van der Waals surface area contributed by atoms with E-state index in [0.717, 1.165) is 41.8 Å². The first kappa shape index (κ1) is 11.8. The zero-order valence-electron chi connectivity index (χ0n) is 9.86. The summed E-state index contributed by atoms with van der Waals surface area (Å²) >= 11 is 3.40. The molecule has 0 aliphatic carbocycles. The topological polar surface area (TPSA) is 29.0 Å². The molecule has 0 aromatic carbocycles. The molecule has 1 saturated heterocycles. The number of anilines is 1. The fraction of sp³-hybridized carbons (Fsp3) is 0.667. The molecule has 0 amide bonds. The summed E-state index contributed by atoms with van der Waals surface area (Å²) in [5, 5.41) is 0.820. The minimum atomic E-state index is 0.739. The van der Waals surface area contributed by atoms with E-state index in [4.69, 9.17) is 0 Å². The molecule has 2 unspecified atom stereocenters. The molecule has 4 heteroatoms. The second kappa shape index (κ2) is 5.13. The maximum atomic E-state index is 4.43. The molecule has 0 saturated carbocycles. The third-order valence-electron chi connectivity index (χ3n) is 3.00. The maximum Gasteiger partial charge on any atom is 0.225 e. The molecule has 0 radical (unpaired) electrons. The quantitative estimate of drug-likeness (QED) is 0.782. The van der Waals surface area contributed by atoms with Gasteiger partial charge in [-0.05, 0) is 23.8 Å². The van der Waals surface area contributed by atoms with Crippen molar-refractivity contribution in [3.8, 4) is 0 Å². The van der Waals surface area contributed by atoms with Crippen LogP contribution in [0, 0.1) is 11.8 Å². The summed E-state index contributed by atoms with van der Waals surface area (Å²) in [6.07, 6.45) is 5.12. The van der Waals surface area contributed by atoms with Crippen LogP contribution in [0.15, 0.2) is 12.4 Å². The number of halogens is 1. The summed E-state index contributed by atoms with van der Waals surface area (Å²) < 4.78 is 0. The first-order valence-electron chi connectivity index (χ1n) is 5.81. The van der Waals surface area contributed by atoms with Crippen molar-refractivity contribution in [2.75, 3.05) is 18.0 Å². The smallest absolute Gasteiger partial charge is 0.225 e. The SMILES string of the molecule is CC1CC(C)CN(c2ncc(CBr)cn2)C1. The van der Waals surface area contributed by atoms with Gasteiger partial charge in [0.15, 0.2) is 0 Å². The highest BCUT2D eigenvalue weighted by Gasteiger charge is 2.23. The first-order valence-corrected chi connectivity index (χ1v) is 6.93. The third kappa shape index (κ3) is 2.73. The van der Waals surface area contributed by atoms with Gasteiger partial charge >= 0.3 is 0 Å². The second-order valence-corrected chi connectivity index (χ2v) is 5.44. The zero-order chi connectivity index (χ0) is 11.5. The van der Waals surface area contributed by atoms with E-state index in [0.29, 0.717) is 0 Å². The fourth-order valence-electron chi connectivity index (χ4n) is 2.41. The van der Waals surface area contributed by atoms with E-state index in [1.165, 1.54) is 6.42 Å². The van der Waals surface area contributed by atoms with E-state index in [-0.39, 0.29) is 0 Å². The van der Waals surface area contributed by atoms with E-state index >= 15 is 0 Å². The van der Waals surface area contributed by atoms with Crippen LogP contribution in [0.1, 0.15) is 25.8 Å². The Balaban J connectivity index is 2.10. The molecule has 2 atom stereocenters. The molecular formula is C12H18BrN3. The normalized spacial score (nSPS) is 25.8. The maximum absolute atomic E-state index is 4.43. The number of hydrogen-bond donors (Lipinski definition) is 0. The van der Waals surface area contributed by atoms with Crippen molar-refractivity contribution in [1.29, 1.82) is 0 Å². The predicted octanol–water partition coefficient (Wildman–Crippen LogP) is 2.85. The zero-order valence-corrected chi connectivity index (χ0v) is 11.4.